The number of aryl methyl sites for hydroxylation is 3. The molecule has 1 atom stereocenters. The van der Waals surface area contributed by atoms with Gasteiger partial charge in [-0.2, -0.15) is 0 Å². The molecule has 3 aromatic rings. The summed E-state index contributed by atoms with van der Waals surface area (Å²) in [7, 11) is 1.67. The zero-order valence-corrected chi connectivity index (χ0v) is 16.7. The lowest BCUT2D eigenvalue weighted by atomic mass is 9.94. The predicted octanol–water partition coefficient (Wildman–Crippen LogP) is 5.15. The van der Waals surface area contributed by atoms with E-state index in [9.17, 15) is 4.79 Å². The van der Waals surface area contributed by atoms with Crippen LogP contribution in [0.2, 0.25) is 0 Å². The van der Waals surface area contributed by atoms with Gasteiger partial charge < -0.3 is 10.1 Å². The second kappa shape index (κ2) is 9.23. The number of carbonyl (C=O) groups is 1. The molecule has 0 radical (unpaired) electrons. The maximum atomic E-state index is 12.8. The summed E-state index contributed by atoms with van der Waals surface area (Å²) in [6, 6.07) is 24.3. The number of methoxy groups -OCH3 is 1. The summed E-state index contributed by atoms with van der Waals surface area (Å²) in [5, 5.41) is 3.23. The molecule has 1 amide bonds. The second-order valence-corrected chi connectivity index (χ2v) is 7.07. The number of hydrogen-bond acceptors (Lipinski definition) is 2. The van der Waals surface area contributed by atoms with Crippen molar-refractivity contribution in [3.8, 4) is 5.75 Å². The lowest BCUT2D eigenvalue weighted by Gasteiger charge is -2.22. The van der Waals surface area contributed by atoms with Crippen molar-refractivity contribution in [1.29, 1.82) is 0 Å². The molecule has 3 rings (SSSR count). The van der Waals surface area contributed by atoms with Crippen LogP contribution in [0.25, 0.3) is 0 Å². The fraction of sp³-hybridized carbons (Fsp3) is 0.240. The molecule has 0 heterocycles. The van der Waals surface area contributed by atoms with E-state index in [0.717, 1.165) is 28.0 Å². The Morgan fingerprint density at radius 2 is 1.64 bits per heavy atom. The lowest BCUT2D eigenvalue weighted by molar-refractivity contribution is -0.121. The van der Waals surface area contributed by atoms with Crippen LogP contribution in [0.15, 0.2) is 72.8 Å². The quantitative estimate of drug-likeness (QED) is 0.622. The fourth-order valence-electron chi connectivity index (χ4n) is 3.48. The van der Waals surface area contributed by atoms with Gasteiger partial charge in [0.2, 0.25) is 5.91 Å². The molecule has 0 fully saturated rings. The molecule has 3 aromatic carbocycles. The van der Waals surface area contributed by atoms with E-state index >= 15 is 0 Å². The molecule has 0 aliphatic carbocycles. The average molecular weight is 373 g/mol. The molecule has 3 heteroatoms. The molecule has 3 nitrogen and oxygen atoms in total. The Morgan fingerprint density at radius 3 is 2.32 bits per heavy atom. The van der Waals surface area contributed by atoms with Crippen LogP contribution in [0.4, 0.5) is 0 Å². The van der Waals surface area contributed by atoms with Crippen molar-refractivity contribution in [1.82, 2.24) is 5.32 Å². The first-order valence-corrected chi connectivity index (χ1v) is 9.62. The summed E-state index contributed by atoms with van der Waals surface area (Å²) in [6.45, 7) is 4.10. The summed E-state index contributed by atoms with van der Waals surface area (Å²) in [5.74, 6) is 0.919. The molecule has 0 unspecified atom stereocenters. The minimum absolute atomic E-state index is 0.0468. The van der Waals surface area contributed by atoms with E-state index in [1.165, 1.54) is 5.56 Å². The number of carbonyl (C=O) groups excluding carboxylic acids is 1. The first-order chi connectivity index (χ1) is 13.6. The van der Waals surface area contributed by atoms with Crippen molar-refractivity contribution in [3.05, 3.63) is 101 Å². The zero-order valence-electron chi connectivity index (χ0n) is 16.7. The van der Waals surface area contributed by atoms with Gasteiger partial charge in [-0.3, -0.25) is 4.79 Å². The lowest BCUT2D eigenvalue weighted by Crippen LogP contribution is -2.30. The Hall–Kier alpha value is -3.07. The van der Waals surface area contributed by atoms with Crippen LogP contribution in [0.5, 0.6) is 5.75 Å². The van der Waals surface area contributed by atoms with Crippen molar-refractivity contribution < 1.29 is 9.53 Å². The smallest absolute Gasteiger partial charge is 0.221 e. The van der Waals surface area contributed by atoms with Crippen LogP contribution in [0, 0.1) is 13.8 Å². The van der Waals surface area contributed by atoms with Gasteiger partial charge in [-0.1, -0.05) is 66.7 Å². The molecular formula is C25H27NO2. The van der Waals surface area contributed by atoms with Crippen LogP contribution in [0.1, 0.15) is 40.3 Å². The molecular weight excluding hydrogens is 346 g/mol. The second-order valence-electron chi connectivity index (χ2n) is 7.07. The third-order valence-corrected chi connectivity index (χ3v) is 5.04. The minimum atomic E-state index is -0.146. The van der Waals surface area contributed by atoms with Crippen molar-refractivity contribution in [2.24, 2.45) is 0 Å². The highest BCUT2D eigenvalue weighted by atomic mass is 16.5. The highest BCUT2D eigenvalue weighted by Crippen LogP contribution is 2.25. The maximum absolute atomic E-state index is 12.8. The van der Waals surface area contributed by atoms with Crippen LogP contribution >= 0.6 is 0 Å². The van der Waals surface area contributed by atoms with E-state index in [1.54, 1.807) is 7.11 Å². The predicted molar refractivity (Wildman–Crippen MR) is 114 cm³/mol. The van der Waals surface area contributed by atoms with Crippen molar-refractivity contribution in [2.75, 3.05) is 7.11 Å². The standard InChI is InChI=1S/C25H27NO2/c1-18-9-7-8-12-22(18)25(21-10-5-4-6-11-21)26-24(27)16-14-20-13-15-23(28-3)19(2)17-20/h4-13,15,17,25H,14,16H2,1-3H3,(H,26,27)/t25-/m1/s1. The molecule has 0 aromatic heterocycles. The van der Waals surface area contributed by atoms with Gasteiger partial charge in [-0.25, -0.2) is 0 Å². The van der Waals surface area contributed by atoms with Crippen LogP contribution in [-0.2, 0) is 11.2 Å². The number of ether oxygens (including phenoxy) is 1. The fourth-order valence-corrected chi connectivity index (χ4v) is 3.48. The van der Waals surface area contributed by atoms with E-state index in [2.05, 4.69) is 42.6 Å². The van der Waals surface area contributed by atoms with E-state index < -0.39 is 0 Å². The molecule has 1 N–H and O–H groups in total. The summed E-state index contributed by atoms with van der Waals surface area (Å²) < 4.78 is 5.31. The number of amides is 1. The minimum Gasteiger partial charge on any atom is -0.496 e. The summed E-state index contributed by atoms with van der Waals surface area (Å²) >= 11 is 0. The van der Waals surface area contributed by atoms with Gasteiger partial charge in [0.25, 0.3) is 0 Å². The summed E-state index contributed by atoms with van der Waals surface area (Å²) in [6.07, 6.45) is 1.15. The van der Waals surface area contributed by atoms with Gasteiger partial charge in [-0.15, -0.1) is 0 Å². The molecule has 0 aliphatic heterocycles. The molecule has 0 bridgehead atoms. The van der Waals surface area contributed by atoms with E-state index in [4.69, 9.17) is 4.74 Å². The van der Waals surface area contributed by atoms with Crippen molar-refractivity contribution in [3.63, 3.8) is 0 Å². The summed E-state index contributed by atoms with van der Waals surface area (Å²) in [4.78, 5) is 12.8. The normalized spacial score (nSPS) is 11.7. The number of benzene rings is 3. The van der Waals surface area contributed by atoms with Crippen LogP contribution < -0.4 is 10.1 Å². The van der Waals surface area contributed by atoms with Gasteiger partial charge >= 0.3 is 0 Å². The third-order valence-electron chi connectivity index (χ3n) is 5.04. The SMILES string of the molecule is COc1ccc(CCC(=O)N[C@H](c2ccccc2)c2ccccc2C)cc1C. The Morgan fingerprint density at radius 1 is 0.929 bits per heavy atom. The Balaban J connectivity index is 1.73. The largest absolute Gasteiger partial charge is 0.496 e. The van der Waals surface area contributed by atoms with Crippen molar-refractivity contribution in [2.45, 2.75) is 32.7 Å². The number of nitrogens with one attached hydrogen (secondary N) is 1. The third kappa shape index (κ3) is 4.80. The van der Waals surface area contributed by atoms with Gasteiger partial charge in [-0.05, 0) is 54.2 Å². The van der Waals surface area contributed by atoms with Gasteiger partial charge in [0, 0.05) is 6.42 Å². The van der Waals surface area contributed by atoms with E-state index in [1.807, 2.05) is 49.4 Å². The Bertz CT molecular complexity index is 934. The Kier molecular flexibility index (Phi) is 6.49. The molecule has 0 spiro atoms. The molecule has 0 saturated carbocycles. The monoisotopic (exact) mass is 373 g/mol. The van der Waals surface area contributed by atoms with E-state index in [0.29, 0.717) is 12.8 Å². The first kappa shape index (κ1) is 19.7. The molecule has 28 heavy (non-hydrogen) atoms. The van der Waals surface area contributed by atoms with Gasteiger partial charge in [0.15, 0.2) is 0 Å². The zero-order chi connectivity index (χ0) is 19.9. The Labute approximate surface area is 167 Å². The molecule has 0 aliphatic rings. The van der Waals surface area contributed by atoms with Crippen LogP contribution in [0.3, 0.4) is 0 Å². The highest BCUT2D eigenvalue weighted by Gasteiger charge is 2.18. The average Bonchev–Trinajstić information content (AvgIpc) is 2.72. The summed E-state index contributed by atoms with van der Waals surface area (Å²) in [5.41, 5.74) is 5.61. The van der Waals surface area contributed by atoms with E-state index in [-0.39, 0.29) is 11.9 Å². The van der Waals surface area contributed by atoms with Gasteiger partial charge in [0.1, 0.15) is 5.75 Å². The number of hydrogen-bond donors (Lipinski definition) is 1. The van der Waals surface area contributed by atoms with Gasteiger partial charge in [0.05, 0.1) is 13.2 Å². The highest BCUT2D eigenvalue weighted by molar-refractivity contribution is 5.77. The molecule has 0 saturated heterocycles. The first-order valence-electron chi connectivity index (χ1n) is 9.62. The number of rotatable bonds is 7. The maximum Gasteiger partial charge on any atom is 0.221 e. The topological polar surface area (TPSA) is 38.3 Å². The van der Waals surface area contributed by atoms with Crippen molar-refractivity contribution >= 4 is 5.91 Å². The molecule has 144 valence electrons. The van der Waals surface area contributed by atoms with Crippen LogP contribution in [-0.4, -0.2) is 13.0 Å².